The Bertz CT molecular complexity index is 704. The molecule has 4 heteroatoms. The summed E-state index contributed by atoms with van der Waals surface area (Å²) in [7, 11) is 0. The van der Waals surface area contributed by atoms with Crippen LogP contribution in [0.2, 0.25) is 0 Å². The van der Waals surface area contributed by atoms with E-state index in [0.29, 0.717) is 12.2 Å². The number of fused-ring (bicyclic) bond motifs is 1. The van der Waals surface area contributed by atoms with E-state index in [2.05, 4.69) is 5.10 Å². The summed E-state index contributed by atoms with van der Waals surface area (Å²) in [6.45, 7) is 0.470. The van der Waals surface area contributed by atoms with Gasteiger partial charge in [-0.05, 0) is 23.8 Å². The Hall–Kier alpha value is -2.20. The van der Waals surface area contributed by atoms with Gasteiger partial charge in [0, 0.05) is 5.39 Å². The molecule has 3 aromatic rings. The van der Waals surface area contributed by atoms with Crippen molar-refractivity contribution < 1.29 is 9.50 Å². The predicted molar refractivity (Wildman–Crippen MR) is 71.2 cm³/mol. The van der Waals surface area contributed by atoms with Crippen LogP contribution in [0.5, 0.6) is 0 Å². The van der Waals surface area contributed by atoms with E-state index in [9.17, 15) is 9.50 Å². The molecule has 0 fully saturated rings. The van der Waals surface area contributed by atoms with Crippen LogP contribution in [0, 0.1) is 5.82 Å². The van der Waals surface area contributed by atoms with Crippen molar-refractivity contribution >= 4 is 10.9 Å². The minimum atomic E-state index is -0.245. The quantitative estimate of drug-likeness (QED) is 0.782. The second-order valence-electron chi connectivity index (χ2n) is 4.41. The van der Waals surface area contributed by atoms with E-state index < -0.39 is 0 Å². The standard InChI is InChI=1S/C15H13FN2O/c16-12-7-5-11(6-8-12)9-18-15-4-2-1-3-13(15)14(10-19)17-18/h1-8,19H,9-10H2. The highest BCUT2D eigenvalue weighted by atomic mass is 19.1. The van der Waals surface area contributed by atoms with Gasteiger partial charge in [-0.3, -0.25) is 4.68 Å². The Balaban J connectivity index is 2.03. The minimum Gasteiger partial charge on any atom is -0.390 e. The monoisotopic (exact) mass is 256 g/mol. The van der Waals surface area contributed by atoms with Crippen LogP contribution in [-0.4, -0.2) is 14.9 Å². The molecule has 0 saturated heterocycles. The number of rotatable bonds is 3. The van der Waals surface area contributed by atoms with Crippen LogP contribution in [0.15, 0.2) is 48.5 Å². The maximum Gasteiger partial charge on any atom is 0.123 e. The number of benzene rings is 2. The predicted octanol–water partition coefficient (Wildman–Crippen LogP) is 2.72. The molecule has 0 aliphatic heterocycles. The second-order valence-corrected chi connectivity index (χ2v) is 4.41. The summed E-state index contributed by atoms with van der Waals surface area (Å²) in [5.74, 6) is -0.245. The molecule has 0 spiro atoms. The number of para-hydroxylation sites is 1. The zero-order valence-electron chi connectivity index (χ0n) is 10.3. The van der Waals surface area contributed by atoms with E-state index in [1.54, 1.807) is 12.1 Å². The number of halogens is 1. The molecule has 1 heterocycles. The van der Waals surface area contributed by atoms with Gasteiger partial charge in [-0.2, -0.15) is 5.10 Å². The highest BCUT2D eigenvalue weighted by Gasteiger charge is 2.09. The van der Waals surface area contributed by atoms with E-state index >= 15 is 0 Å². The van der Waals surface area contributed by atoms with Crippen molar-refractivity contribution in [1.29, 1.82) is 0 Å². The molecule has 1 N–H and O–H groups in total. The zero-order valence-corrected chi connectivity index (χ0v) is 10.3. The van der Waals surface area contributed by atoms with Crippen molar-refractivity contribution in [3.63, 3.8) is 0 Å². The van der Waals surface area contributed by atoms with Crippen LogP contribution >= 0.6 is 0 Å². The van der Waals surface area contributed by atoms with Crippen LogP contribution in [0.4, 0.5) is 4.39 Å². The van der Waals surface area contributed by atoms with Gasteiger partial charge >= 0.3 is 0 Å². The van der Waals surface area contributed by atoms with E-state index in [-0.39, 0.29) is 12.4 Å². The van der Waals surface area contributed by atoms with Gasteiger partial charge < -0.3 is 5.11 Å². The molecule has 19 heavy (non-hydrogen) atoms. The molecule has 96 valence electrons. The first kappa shape index (κ1) is 11.9. The summed E-state index contributed by atoms with van der Waals surface area (Å²) in [5, 5.41) is 14.7. The van der Waals surface area contributed by atoms with Crippen molar-refractivity contribution in [1.82, 2.24) is 9.78 Å². The van der Waals surface area contributed by atoms with Gasteiger partial charge in [-0.15, -0.1) is 0 Å². The maximum absolute atomic E-state index is 12.9. The molecule has 0 bridgehead atoms. The summed E-state index contributed by atoms with van der Waals surface area (Å²) < 4.78 is 14.7. The lowest BCUT2D eigenvalue weighted by atomic mass is 10.2. The topological polar surface area (TPSA) is 38.1 Å². The average molecular weight is 256 g/mol. The molecule has 0 radical (unpaired) electrons. The summed E-state index contributed by atoms with van der Waals surface area (Å²) in [6.07, 6.45) is 0. The molecular weight excluding hydrogens is 243 g/mol. The fourth-order valence-electron chi connectivity index (χ4n) is 2.20. The lowest BCUT2D eigenvalue weighted by molar-refractivity contribution is 0.276. The first-order chi connectivity index (χ1) is 9.28. The highest BCUT2D eigenvalue weighted by molar-refractivity contribution is 5.81. The van der Waals surface area contributed by atoms with Gasteiger partial charge in [0.1, 0.15) is 5.82 Å². The Labute approximate surface area is 109 Å². The van der Waals surface area contributed by atoms with Crippen LogP contribution in [0.25, 0.3) is 10.9 Å². The maximum atomic E-state index is 12.9. The third-order valence-corrected chi connectivity index (χ3v) is 3.13. The van der Waals surface area contributed by atoms with Crippen molar-refractivity contribution in [2.45, 2.75) is 13.2 Å². The van der Waals surface area contributed by atoms with Crippen LogP contribution in [0.3, 0.4) is 0 Å². The first-order valence-electron chi connectivity index (χ1n) is 6.07. The smallest absolute Gasteiger partial charge is 0.123 e. The molecule has 0 atom stereocenters. The number of nitrogens with zero attached hydrogens (tertiary/aromatic N) is 2. The van der Waals surface area contributed by atoms with Gasteiger partial charge in [0.2, 0.25) is 0 Å². The number of hydrogen-bond donors (Lipinski definition) is 1. The molecule has 0 unspecified atom stereocenters. The van der Waals surface area contributed by atoms with E-state index in [0.717, 1.165) is 16.5 Å². The average Bonchev–Trinajstić information content (AvgIpc) is 2.80. The molecule has 0 saturated carbocycles. The Morgan fingerprint density at radius 2 is 1.79 bits per heavy atom. The molecule has 2 aromatic carbocycles. The largest absolute Gasteiger partial charge is 0.390 e. The molecule has 0 amide bonds. The Morgan fingerprint density at radius 1 is 1.05 bits per heavy atom. The molecular formula is C15H13FN2O. The molecule has 0 aliphatic carbocycles. The lowest BCUT2D eigenvalue weighted by Gasteiger charge is -2.03. The van der Waals surface area contributed by atoms with E-state index in [4.69, 9.17) is 0 Å². The summed E-state index contributed by atoms with van der Waals surface area (Å²) in [4.78, 5) is 0. The van der Waals surface area contributed by atoms with Crippen LogP contribution < -0.4 is 0 Å². The fourth-order valence-corrected chi connectivity index (χ4v) is 2.20. The fraction of sp³-hybridized carbons (Fsp3) is 0.133. The third-order valence-electron chi connectivity index (χ3n) is 3.13. The molecule has 1 aromatic heterocycles. The number of aromatic nitrogens is 2. The minimum absolute atomic E-state index is 0.0864. The van der Waals surface area contributed by atoms with Crippen molar-refractivity contribution in [2.24, 2.45) is 0 Å². The normalized spacial score (nSPS) is 11.1. The van der Waals surface area contributed by atoms with Gasteiger partial charge in [0.15, 0.2) is 0 Å². The van der Waals surface area contributed by atoms with E-state index in [1.807, 2.05) is 28.9 Å². The summed E-state index contributed by atoms with van der Waals surface area (Å²) >= 11 is 0. The lowest BCUT2D eigenvalue weighted by Crippen LogP contribution is -2.02. The van der Waals surface area contributed by atoms with Gasteiger partial charge in [0.25, 0.3) is 0 Å². The molecule has 3 nitrogen and oxygen atoms in total. The number of hydrogen-bond acceptors (Lipinski definition) is 2. The molecule has 3 rings (SSSR count). The number of aliphatic hydroxyl groups excluding tert-OH is 1. The third kappa shape index (κ3) is 2.22. The Morgan fingerprint density at radius 3 is 2.53 bits per heavy atom. The van der Waals surface area contributed by atoms with Crippen molar-refractivity contribution in [3.05, 3.63) is 65.6 Å². The molecule has 0 aliphatic rings. The van der Waals surface area contributed by atoms with Gasteiger partial charge in [-0.1, -0.05) is 30.3 Å². The summed E-state index contributed by atoms with van der Waals surface area (Å²) in [5.41, 5.74) is 2.60. The first-order valence-corrected chi connectivity index (χ1v) is 6.07. The summed E-state index contributed by atoms with van der Waals surface area (Å²) in [6, 6.07) is 14.1. The van der Waals surface area contributed by atoms with Crippen molar-refractivity contribution in [3.8, 4) is 0 Å². The van der Waals surface area contributed by atoms with Crippen molar-refractivity contribution in [2.75, 3.05) is 0 Å². The van der Waals surface area contributed by atoms with Gasteiger partial charge in [0.05, 0.1) is 24.4 Å². The van der Waals surface area contributed by atoms with E-state index in [1.165, 1.54) is 12.1 Å². The van der Waals surface area contributed by atoms with Crippen LogP contribution in [-0.2, 0) is 13.2 Å². The number of aliphatic hydroxyl groups is 1. The highest BCUT2D eigenvalue weighted by Crippen LogP contribution is 2.19. The Kier molecular flexibility index (Phi) is 3.01. The van der Waals surface area contributed by atoms with Crippen LogP contribution in [0.1, 0.15) is 11.3 Å². The van der Waals surface area contributed by atoms with Gasteiger partial charge in [-0.25, -0.2) is 4.39 Å². The SMILES string of the molecule is OCc1nn(Cc2ccc(F)cc2)c2ccccc12. The zero-order chi connectivity index (χ0) is 13.2. The second kappa shape index (κ2) is 4.82.